The lowest BCUT2D eigenvalue weighted by Crippen LogP contribution is -2.51. The minimum absolute atomic E-state index is 0.137. The molecule has 0 spiro atoms. The molecule has 2 aliphatic rings. The molecule has 0 bridgehead atoms. The number of rotatable bonds is 4. The van der Waals surface area contributed by atoms with E-state index in [0.29, 0.717) is 12.6 Å². The fourth-order valence-electron chi connectivity index (χ4n) is 3.54. The standard InChI is InChI=1S/C16H28N2O3/c1-17(13-8-4-3-5-9-13)15(19)12-18-11-7-6-10-14(18)16(20)21-2/h13-14H,3-12H2,1-2H3. The van der Waals surface area contributed by atoms with Crippen molar-refractivity contribution in [2.75, 3.05) is 27.2 Å². The number of amides is 1. The van der Waals surface area contributed by atoms with Crippen LogP contribution >= 0.6 is 0 Å². The first-order valence-electron chi connectivity index (χ1n) is 8.21. The number of nitrogens with zero attached hydrogens (tertiary/aromatic N) is 2. The maximum absolute atomic E-state index is 12.5. The summed E-state index contributed by atoms with van der Waals surface area (Å²) in [5.74, 6) is -0.0690. The molecule has 0 aromatic rings. The van der Waals surface area contributed by atoms with E-state index in [4.69, 9.17) is 4.74 Å². The van der Waals surface area contributed by atoms with Gasteiger partial charge in [-0.3, -0.25) is 14.5 Å². The lowest BCUT2D eigenvalue weighted by Gasteiger charge is -2.36. The van der Waals surface area contributed by atoms with Crippen LogP contribution in [0.25, 0.3) is 0 Å². The predicted octanol–water partition coefficient (Wildman–Crippen LogP) is 1.80. The lowest BCUT2D eigenvalue weighted by atomic mass is 9.94. The van der Waals surface area contributed by atoms with Gasteiger partial charge in [0.1, 0.15) is 6.04 Å². The Hall–Kier alpha value is -1.10. The van der Waals surface area contributed by atoms with Crippen molar-refractivity contribution in [1.82, 2.24) is 9.80 Å². The van der Waals surface area contributed by atoms with Gasteiger partial charge in [0.2, 0.25) is 5.91 Å². The number of piperidine rings is 1. The lowest BCUT2D eigenvalue weighted by molar-refractivity contribution is -0.149. The SMILES string of the molecule is COC(=O)C1CCCCN1CC(=O)N(C)C1CCCCC1. The third-order valence-corrected chi connectivity index (χ3v) is 4.94. The summed E-state index contributed by atoms with van der Waals surface area (Å²) in [5.41, 5.74) is 0. The molecule has 0 radical (unpaired) electrons. The molecule has 1 saturated carbocycles. The first kappa shape index (κ1) is 16.3. The van der Waals surface area contributed by atoms with E-state index < -0.39 is 0 Å². The quantitative estimate of drug-likeness (QED) is 0.742. The van der Waals surface area contributed by atoms with Gasteiger partial charge in [-0.2, -0.15) is 0 Å². The fourth-order valence-corrected chi connectivity index (χ4v) is 3.54. The molecular formula is C16H28N2O3. The second-order valence-electron chi connectivity index (χ2n) is 6.30. The molecule has 1 aliphatic heterocycles. The van der Waals surface area contributed by atoms with Crippen LogP contribution in [0.3, 0.4) is 0 Å². The van der Waals surface area contributed by atoms with Crippen molar-refractivity contribution < 1.29 is 14.3 Å². The average Bonchev–Trinajstić information content (AvgIpc) is 2.54. The Morgan fingerprint density at radius 3 is 2.43 bits per heavy atom. The highest BCUT2D eigenvalue weighted by atomic mass is 16.5. The summed E-state index contributed by atoms with van der Waals surface area (Å²) in [6.45, 7) is 1.15. The Labute approximate surface area is 127 Å². The maximum atomic E-state index is 12.5. The Kier molecular flexibility index (Phi) is 6.03. The minimum Gasteiger partial charge on any atom is -0.468 e. The van der Waals surface area contributed by atoms with Gasteiger partial charge < -0.3 is 9.64 Å². The third kappa shape index (κ3) is 4.19. The van der Waals surface area contributed by atoms with E-state index in [1.54, 1.807) is 0 Å². The molecule has 1 unspecified atom stereocenters. The van der Waals surface area contributed by atoms with Crippen molar-refractivity contribution in [1.29, 1.82) is 0 Å². The highest BCUT2D eigenvalue weighted by Crippen LogP contribution is 2.23. The normalized spacial score (nSPS) is 24.6. The van der Waals surface area contributed by atoms with E-state index in [2.05, 4.69) is 0 Å². The second-order valence-corrected chi connectivity index (χ2v) is 6.30. The van der Waals surface area contributed by atoms with E-state index in [-0.39, 0.29) is 17.9 Å². The Morgan fingerprint density at radius 2 is 1.76 bits per heavy atom. The first-order chi connectivity index (χ1) is 10.1. The summed E-state index contributed by atoms with van der Waals surface area (Å²) in [4.78, 5) is 28.2. The van der Waals surface area contributed by atoms with Gasteiger partial charge in [-0.25, -0.2) is 0 Å². The summed E-state index contributed by atoms with van der Waals surface area (Å²) in [6.07, 6.45) is 8.83. The smallest absolute Gasteiger partial charge is 0.323 e. The molecule has 1 saturated heterocycles. The molecular weight excluding hydrogens is 268 g/mol. The van der Waals surface area contributed by atoms with Crippen LogP contribution in [0.5, 0.6) is 0 Å². The van der Waals surface area contributed by atoms with Crippen LogP contribution in [0.2, 0.25) is 0 Å². The van der Waals surface area contributed by atoms with E-state index >= 15 is 0 Å². The molecule has 2 fully saturated rings. The zero-order valence-electron chi connectivity index (χ0n) is 13.3. The van der Waals surface area contributed by atoms with Crippen LogP contribution in [-0.4, -0.2) is 61.0 Å². The van der Waals surface area contributed by atoms with Crippen LogP contribution in [0, 0.1) is 0 Å². The van der Waals surface area contributed by atoms with E-state index in [1.165, 1.54) is 26.4 Å². The average molecular weight is 296 g/mol. The van der Waals surface area contributed by atoms with Crippen LogP contribution < -0.4 is 0 Å². The summed E-state index contributed by atoms with van der Waals surface area (Å²) >= 11 is 0. The minimum atomic E-state index is -0.243. The molecule has 0 N–H and O–H groups in total. The first-order valence-corrected chi connectivity index (χ1v) is 8.21. The number of esters is 1. The zero-order chi connectivity index (χ0) is 15.2. The number of methoxy groups -OCH3 is 1. The molecule has 0 aromatic heterocycles. The van der Waals surface area contributed by atoms with Gasteiger partial charge in [0, 0.05) is 13.1 Å². The van der Waals surface area contributed by atoms with Gasteiger partial charge in [-0.05, 0) is 32.2 Å². The number of ether oxygens (including phenoxy) is 1. The van der Waals surface area contributed by atoms with Gasteiger partial charge in [-0.1, -0.05) is 25.7 Å². The molecule has 21 heavy (non-hydrogen) atoms. The maximum Gasteiger partial charge on any atom is 0.323 e. The van der Waals surface area contributed by atoms with Gasteiger partial charge in [0.25, 0.3) is 0 Å². The third-order valence-electron chi connectivity index (χ3n) is 4.94. The molecule has 1 aliphatic carbocycles. The summed E-state index contributed by atoms with van der Waals surface area (Å²) in [6, 6.07) is 0.139. The number of likely N-dealkylation sites (tertiary alicyclic amines) is 1. The second kappa shape index (κ2) is 7.78. The van der Waals surface area contributed by atoms with Crippen molar-refractivity contribution >= 4 is 11.9 Å². The van der Waals surface area contributed by atoms with Crippen LogP contribution in [0.4, 0.5) is 0 Å². The highest BCUT2D eigenvalue weighted by molar-refractivity contribution is 5.80. The van der Waals surface area contributed by atoms with Crippen molar-refractivity contribution in [3.8, 4) is 0 Å². The molecule has 0 aromatic carbocycles. The molecule has 2 rings (SSSR count). The molecule has 1 heterocycles. The topological polar surface area (TPSA) is 49.9 Å². The van der Waals surface area contributed by atoms with Gasteiger partial charge >= 0.3 is 5.97 Å². The monoisotopic (exact) mass is 296 g/mol. The predicted molar refractivity (Wildman–Crippen MR) is 80.9 cm³/mol. The van der Waals surface area contributed by atoms with Crippen LogP contribution in [0.1, 0.15) is 51.4 Å². The largest absolute Gasteiger partial charge is 0.468 e. The number of hydrogen-bond donors (Lipinski definition) is 0. The molecule has 1 atom stereocenters. The Balaban J connectivity index is 1.91. The van der Waals surface area contributed by atoms with Crippen LogP contribution in [-0.2, 0) is 14.3 Å². The number of carbonyl (C=O) groups excluding carboxylic acids is 2. The fraction of sp³-hybridized carbons (Fsp3) is 0.875. The molecule has 1 amide bonds. The Morgan fingerprint density at radius 1 is 1.10 bits per heavy atom. The molecule has 120 valence electrons. The van der Waals surface area contributed by atoms with Crippen molar-refractivity contribution in [2.24, 2.45) is 0 Å². The molecule has 5 heteroatoms. The number of likely N-dealkylation sites (N-methyl/N-ethyl adjacent to an activating group) is 1. The number of hydrogen-bond acceptors (Lipinski definition) is 4. The Bertz CT molecular complexity index is 367. The van der Waals surface area contributed by atoms with Crippen molar-refractivity contribution in [3.05, 3.63) is 0 Å². The highest BCUT2D eigenvalue weighted by Gasteiger charge is 2.32. The van der Waals surface area contributed by atoms with Gasteiger partial charge in [-0.15, -0.1) is 0 Å². The van der Waals surface area contributed by atoms with Crippen molar-refractivity contribution in [2.45, 2.75) is 63.5 Å². The van der Waals surface area contributed by atoms with Gasteiger partial charge in [0.15, 0.2) is 0 Å². The zero-order valence-corrected chi connectivity index (χ0v) is 13.3. The summed E-state index contributed by atoms with van der Waals surface area (Å²) in [5, 5.41) is 0. The van der Waals surface area contributed by atoms with Gasteiger partial charge in [0.05, 0.1) is 13.7 Å². The van der Waals surface area contributed by atoms with Crippen molar-refractivity contribution in [3.63, 3.8) is 0 Å². The summed E-state index contributed by atoms with van der Waals surface area (Å²) < 4.78 is 4.87. The molecule has 5 nitrogen and oxygen atoms in total. The summed E-state index contributed by atoms with van der Waals surface area (Å²) in [7, 11) is 3.33. The van der Waals surface area contributed by atoms with E-state index in [0.717, 1.165) is 38.6 Å². The van der Waals surface area contributed by atoms with E-state index in [9.17, 15) is 9.59 Å². The van der Waals surface area contributed by atoms with E-state index in [1.807, 2.05) is 16.8 Å². The number of carbonyl (C=O) groups is 2. The van der Waals surface area contributed by atoms with Crippen LogP contribution in [0.15, 0.2) is 0 Å².